The molecule has 0 radical (unpaired) electrons. The van der Waals surface area contributed by atoms with Gasteiger partial charge in [0, 0.05) is 19.0 Å². The van der Waals surface area contributed by atoms with E-state index in [0.717, 1.165) is 11.3 Å². The molecule has 0 spiro atoms. The number of aliphatic imine (C=N–C) groups is 1. The summed E-state index contributed by atoms with van der Waals surface area (Å²) in [7, 11) is 1.71. The average molecular weight is 321 g/mol. The summed E-state index contributed by atoms with van der Waals surface area (Å²) in [6, 6.07) is 16.3. The number of hydrogen-bond donors (Lipinski definition) is 1. The minimum atomic E-state index is -0.0155. The van der Waals surface area contributed by atoms with Crippen LogP contribution in [-0.2, 0) is 0 Å². The molecule has 0 atom stereocenters. The molecule has 0 fully saturated rings. The number of rotatable bonds is 7. The second kappa shape index (κ2) is 9.22. The SMILES string of the molecule is CN=C(C=CCC(=O)c1ccc(OO)cc1)C=Cc1ccccc1. The monoisotopic (exact) mass is 321 g/mol. The van der Waals surface area contributed by atoms with Crippen LogP contribution in [0.2, 0.25) is 0 Å². The fourth-order valence-electron chi connectivity index (χ4n) is 2.06. The maximum atomic E-state index is 12.1. The molecule has 0 bridgehead atoms. The molecule has 0 unspecified atom stereocenters. The zero-order valence-electron chi connectivity index (χ0n) is 13.4. The molecule has 0 saturated heterocycles. The molecule has 2 aromatic rings. The van der Waals surface area contributed by atoms with Gasteiger partial charge in [0.25, 0.3) is 0 Å². The van der Waals surface area contributed by atoms with E-state index in [2.05, 4.69) is 9.88 Å². The molecule has 0 aromatic heterocycles. The van der Waals surface area contributed by atoms with Crippen LogP contribution in [0.4, 0.5) is 0 Å². The lowest BCUT2D eigenvalue weighted by molar-refractivity contribution is -0.137. The van der Waals surface area contributed by atoms with Gasteiger partial charge in [-0.1, -0.05) is 42.5 Å². The van der Waals surface area contributed by atoms with Crippen LogP contribution < -0.4 is 4.89 Å². The van der Waals surface area contributed by atoms with E-state index in [9.17, 15) is 4.79 Å². The van der Waals surface area contributed by atoms with Crippen molar-refractivity contribution in [3.05, 3.63) is 84.0 Å². The lowest BCUT2D eigenvalue weighted by atomic mass is 10.1. The van der Waals surface area contributed by atoms with Crippen molar-refractivity contribution in [1.82, 2.24) is 0 Å². The van der Waals surface area contributed by atoms with E-state index in [-0.39, 0.29) is 12.2 Å². The molecule has 0 amide bonds. The zero-order chi connectivity index (χ0) is 17.2. The van der Waals surface area contributed by atoms with Gasteiger partial charge >= 0.3 is 0 Å². The van der Waals surface area contributed by atoms with Gasteiger partial charge in [0.15, 0.2) is 11.5 Å². The molecule has 0 aliphatic heterocycles. The summed E-state index contributed by atoms with van der Waals surface area (Å²) in [5.41, 5.74) is 2.44. The van der Waals surface area contributed by atoms with Gasteiger partial charge in [-0.2, -0.15) is 0 Å². The van der Waals surface area contributed by atoms with Crippen molar-refractivity contribution in [2.75, 3.05) is 7.05 Å². The maximum absolute atomic E-state index is 12.1. The third-order valence-electron chi connectivity index (χ3n) is 3.38. The van der Waals surface area contributed by atoms with E-state index in [1.54, 1.807) is 37.4 Å². The largest absolute Gasteiger partial charge is 0.340 e. The topological polar surface area (TPSA) is 58.9 Å². The summed E-state index contributed by atoms with van der Waals surface area (Å²) >= 11 is 0. The van der Waals surface area contributed by atoms with Crippen LogP contribution in [0.25, 0.3) is 6.08 Å². The minimum Gasteiger partial charge on any atom is -0.340 e. The van der Waals surface area contributed by atoms with E-state index in [1.807, 2.05) is 48.6 Å². The van der Waals surface area contributed by atoms with Gasteiger partial charge in [0.1, 0.15) is 0 Å². The molecule has 1 N–H and O–H groups in total. The second-order valence-corrected chi connectivity index (χ2v) is 5.04. The summed E-state index contributed by atoms with van der Waals surface area (Å²) in [6.45, 7) is 0. The molecular weight excluding hydrogens is 302 g/mol. The van der Waals surface area contributed by atoms with Gasteiger partial charge in [0.2, 0.25) is 0 Å². The number of carbonyl (C=O) groups excluding carboxylic acids is 1. The standard InChI is InChI=1S/C20H19NO3/c1-21-18(13-10-16-6-3-2-4-7-16)8-5-9-20(22)17-11-14-19(24-23)15-12-17/h2-8,10-15,23H,9H2,1H3. The van der Waals surface area contributed by atoms with E-state index in [0.29, 0.717) is 11.3 Å². The van der Waals surface area contributed by atoms with E-state index in [4.69, 9.17) is 5.26 Å². The molecule has 2 aromatic carbocycles. The number of benzene rings is 2. The Labute approximate surface area is 141 Å². The Morgan fingerprint density at radius 1 is 1.08 bits per heavy atom. The van der Waals surface area contributed by atoms with Gasteiger partial charge in [-0.25, -0.2) is 5.26 Å². The first kappa shape index (κ1) is 17.4. The van der Waals surface area contributed by atoms with Crippen LogP contribution in [0.15, 0.2) is 77.8 Å². The zero-order valence-corrected chi connectivity index (χ0v) is 13.4. The van der Waals surface area contributed by atoms with Crippen LogP contribution in [-0.4, -0.2) is 23.8 Å². The van der Waals surface area contributed by atoms with Crippen molar-refractivity contribution in [3.63, 3.8) is 0 Å². The third-order valence-corrected chi connectivity index (χ3v) is 3.38. The van der Waals surface area contributed by atoms with Gasteiger partial charge in [-0.15, -0.1) is 0 Å². The van der Waals surface area contributed by atoms with Gasteiger partial charge < -0.3 is 4.89 Å². The average Bonchev–Trinajstić information content (AvgIpc) is 2.65. The van der Waals surface area contributed by atoms with Crippen LogP contribution in [0, 0.1) is 0 Å². The van der Waals surface area contributed by atoms with Crippen molar-refractivity contribution >= 4 is 17.6 Å². The Hall–Kier alpha value is -2.98. The van der Waals surface area contributed by atoms with Crippen molar-refractivity contribution in [1.29, 1.82) is 0 Å². The number of nitrogens with zero attached hydrogens (tertiary/aromatic N) is 1. The molecule has 0 aliphatic carbocycles. The highest BCUT2D eigenvalue weighted by atomic mass is 17.1. The molecule has 24 heavy (non-hydrogen) atoms. The molecule has 2 rings (SSSR count). The Bertz CT molecular complexity index is 744. The Kier molecular flexibility index (Phi) is 6.68. The fraction of sp³-hybridized carbons (Fsp3) is 0.100. The lowest BCUT2D eigenvalue weighted by Gasteiger charge is -1.99. The molecule has 4 heteroatoms. The highest BCUT2D eigenvalue weighted by Crippen LogP contribution is 2.12. The molecule has 4 nitrogen and oxygen atoms in total. The summed E-state index contributed by atoms with van der Waals surface area (Å²) in [6.07, 6.45) is 7.77. The smallest absolute Gasteiger partial charge is 0.166 e. The van der Waals surface area contributed by atoms with E-state index >= 15 is 0 Å². The van der Waals surface area contributed by atoms with Gasteiger partial charge in [0.05, 0.1) is 5.71 Å². The first-order valence-electron chi connectivity index (χ1n) is 7.54. The molecule has 122 valence electrons. The second-order valence-electron chi connectivity index (χ2n) is 5.04. The van der Waals surface area contributed by atoms with E-state index in [1.165, 1.54) is 0 Å². The minimum absolute atomic E-state index is 0.0155. The van der Waals surface area contributed by atoms with E-state index < -0.39 is 0 Å². The van der Waals surface area contributed by atoms with Crippen LogP contribution in [0.5, 0.6) is 5.75 Å². The Morgan fingerprint density at radius 3 is 2.42 bits per heavy atom. The number of ketones is 1. The number of allylic oxidation sites excluding steroid dienone is 3. The molecule has 0 heterocycles. The summed E-state index contributed by atoms with van der Waals surface area (Å²) in [5, 5.41) is 8.51. The predicted molar refractivity (Wildman–Crippen MR) is 96.6 cm³/mol. The van der Waals surface area contributed by atoms with Crippen molar-refractivity contribution in [3.8, 4) is 5.75 Å². The van der Waals surface area contributed by atoms with Crippen molar-refractivity contribution in [2.45, 2.75) is 6.42 Å². The van der Waals surface area contributed by atoms with Crippen molar-refractivity contribution in [2.24, 2.45) is 4.99 Å². The Morgan fingerprint density at radius 2 is 1.79 bits per heavy atom. The number of hydrogen-bond acceptors (Lipinski definition) is 4. The van der Waals surface area contributed by atoms with Gasteiger partial charge in [-0.3, -0.25) is 9.79 Å². The van der Waals surface area contributed by atoms with Crippen LogP contribution in [0.1, 0.15) is 22.3 Å². The first-order valence-corrected chi connectivity index (χ1v) is 7.54. The normalized spacial score (nSPS) is 12.0. The van der Waals surface area contributed by atoms with Gasteiger partial charge in [-0.05, 0) is 42.0 Å². The van der Waals surface area contributed by atoms with Crippen LogP contribution in [0.3, 0.4) is 0 Å². The highest BCUT2D eigenvalue weighted by Gasteiger charge is 2.04. The van der Waals surface area contributed by atoms with Crippen molar-refractivity contribution < 1.29 is 14.9 Å². The summed E-state index contributed by atoms with van der Waals surface area (Å²) in [4.78, 5) is 20.4. The Balaban J connectivity index is 1.93. The number of carbonyl (C=O) groups is 1. The summed E-state index contributed by atoms with van der Waals surface area (Å²) in [5.74, 6) is 0.284. The maximum Gasteiger partial charge on any atom is 0.166 e. The predicted octanol–water partition coefficient (Wildman–Crippen LogP) is 4.45. The highest BCUT2D eigenvalue weighted by molar-refractivity contribution is 6.07. The molecular formula is C20H19NO3. The quantitative estimate of drug-likeness (QED) is 0.355. The molecule has 0 saturated carbocycles. The summed E-state index contributed by atoms with van der Waals surface area (Å²) < 4.78 is 0. The first-order chi connectivity index (χ1) is 11.7. The third kappa shape index (κ3) is 5.34. The fourth-order valence-corrected chi connectivity index (χ4v) is 2.06. The lowest BCUT2D eigenvalue weighted by Crippen LogP contribution is -1.97. The molecule has 0 aliphatic rings. The van der Waals surface area contributed by atoms with Crippen LogP contribution >= 0.6 is 0 Å². The number of Topliss-reactive ketones (excluding diaryl/α,β-unsaturated/α-hetero) is 1.